The number of fused-ring (bicyclic) bond motifs is 7. The summed E-state index contributed by atoms with van der Waals surface area (Å²) < 4.78 is 2.67. The summed E-state index contributed by atoms with van der Waals surface area (Å²) in [5, 5.41) is 12.8. The monoisotopic (exact) mass is 764 g/mol. The molecule has 274 valence electrons. The third-order valence-corrected chi connectivity index (χ3v) is 13.5. The number of hydrogen-bond donors (Lipinski definition) is 0. The van der Waals surface area contributed by atoms with Gasteiger partial charge in [0.05, 0.1) is 0 Å². The van der Waals surface area contributed by atoms with E-state index in [1.54, 1.807) is 0 Å². The SMILES string of the molecule is c1ccc(-c2ccc3c(-c4ccc(-c5c6ccccc6c(-c6cccc7c6sc6ccccc67)c6ccccc56)cc4)c4ccccc4c(-c4ccccc4)c3c2)cc1. The van der Waals surface area contributed by atoms with E-state index in [1.807, 2.05) is 11.3 Å². The van der Waals surface area contributed by atoms with Gasteiger partial charge < -0.3 is 0 Å². The molecule has 0 fully saturated rings. The van der Waals surface area contributed by atoms with Crippen LogP contribution in [0.15, 0.2) is 218 Å². The van der Waals surface area contributed by atoms with Crippen molar-refractivity contribution in [3.63, 3.8) is 0 Å². The summed E-state index contributed by atoms with van der Waals surface area (Å²) in [5.74, 6) is 0. The normalized spacial score (nSPS) is 11.7. The second-order valence-electron chi connectivity index (χ2n) is 15.5. The van der Waals surface area contributed by atoms with Gasteiger partial charge in [-0.2, -0.15) is 0 Å². The third-order valence-electron chi connectivity index (χ3n) is 12.3. The summed E-state index contributed by atoms with van der Waals surface area (Å²) in [7, 11) is 0. The molecule has 0 saturated heterocycles. The van der Waals surface area contributed by atoms with Crippen LogP contribution >= 0.6 is 11.3 Å². The zero-order valence-electron chi connectivity index (χ0n) is 32.2. The molecule has 1 aromatic heterocycles. The fourth-order valence-electron chi connectivity index (χ4n) is 9.69. The van der Waals surface area contributed by atoms with Gasteiger partial charge in [-0.3, -0.25) is 0 Å². The van der Waals surface area contributed by atoms with Crippen molar-refractivity contribution in [1.82, 2.24) is 0 Å². The first kappa shape index (κ1) is 33.8. The van der Waals surface area contributed by atoms with Gasteiger partial charge in [-0.15, -0.1) is 11.3 Å². The molecule has 0 atom stereocenters. The molecule has 0 radical (unpaired) electrons. The molecule has 1 heteroatoms. The molecule has 0 aliphatic carbocycles. The summed E-state index contributed by atoms with van der Waals surface area (Å²) in [6.45, 7) is 0. The quantitative estimate of drug-likeness (QED) is 0.153. The van der Waals surface area contributed by atoms with Crippen molar-refractivity contribution in [1.29, 1.82) is 0 Å². The predicted molar refractivity (Wildman–Crippen MR) is 257 cm³/mol. The van der Waals surface area contributed by atoms with Crippen LogP contribution in [-0.2, 0) is 0 Å². The topological polar surface area (TPSA) is 0 Å². The molecule has 0 aliphatic heterocycles. The summed E-state index contributed by atoms with van der Waals surface area (Å²) in [5.41, 5.74) is 12.5. The lowest BCUT2D eigenvalue weighted by Gasteiger charge is -2.20. The Morgan fingerprint density at radius 3 is 1.17 bits per heavy atom. The number of benzene rings is 11. The molecule has 0 aliphatic rings. The van der Waals surface area contributed by atoms with E-state index in [2.05, 4.69) is 218 Å². The van der Waals surface area contributed by atoms with Crippen LogP contribution in [-0.4, -0.2) is 0 Å². The highest BCUT2D eigenvalue weighted by molar-refractivity contribution is 7.26. The lowest BCUT2D eigenvalue weighted by atomic mass is 9.83. The van der Waals surface area contributed by atoms with Gasteiger partial charge in [0, 0.05) is 25.7 Å². The maximum absolute atomic E-state index is 2.40. The lowest BCUT2D eigenvalue weighted by molar-refractivity contribution is 1.62. The van der Waals surface area contributed by atoms with E-state index in [0.717, 1.165) is 0 Å². The molecule has 0 nitrogen and oxygen atoms in total. The van der Waals surface area contributed by atoms with Crippen LogP contribution in [0.2, 0.25) is 0 Å². The van der Waals surface area contributed by atoms with Crippen LogP contribution in [0, 0.1) is 0 Å². The molecule has 0 bridgehead atoms. The van der Waals surface area contributed by atoms with E-state index in [1.165, 1.54) is 119 Å². The predicted octanol–water partition coefficient (Wildman–Crippen LogP) is 17.0. The van der Waals surface area contributed by atoms with E-state index in [4.69, 9.17) is 0 Å². The number of rotatable bonds is 5. The Morgan fingerprint density at radius 1 is 0.220 bits per heavy atom. The van der Waals surface area contributed by atoms with Gasteiger partial charge in [-0.05, 0) is 105 Å². The van der Waals surface area contributed by atoms with Crippen molar-refractivity contribution >= 4 is 74.6 Å². The van der Waals surface area contributed by atoms with Gasteiger partial charge in [0.2, 0.25) is 0 Å². The fourth-order valence-corrected chi connectivity index (χ4v) is 10.9. The first-order chi connectivity index (χ1) is 29.3. The van der Waals surface area contributed by atoms with Crippen LogP contribution in [0.4, 0.5) is 0 Å². The lowest BCUT2D eigenvalue weighted by Crippen LogP contribution is -1.93. The van der Waals surface area contributed by atoms with Crippen LogP contribution in [0.25, 0.3) is 119 Å². The Labute approximate surface area is 346 Å². The Balaban J connectivity index is 1.08. The molecular weight excluding hydrogens is 729 g/mol. The second-order valence-corrected chi connectivity index (χ2v) is 16.5. The van der Waals surface area contributed by atoms with Crippen molar-refractivity contribution in [2.24, 2.45) is 0 Å². The van der Waals surface area contributed by atoms with Crippen LogP contribution < -0.4 is 0 Å². The Kier molecular flexibility index (Phi) is 7.82. The average Bonchev–Trinajstić information content (AvgIpc) is 3.70. The molecular formula is C58H36S. The summed E-state index contributed by atoms with van der Waals surface area (Å²) in [6.07, 6.45) is 0. The largest absolute Gasteiger partial charge is 0.135 e. The fraction of sp³-hybridized carbons (Fsp3) is 0. The molecule has 12 aromatic rings. The van der Waals surface area contributed by atoms with Gasteiger partial charge in [-0.1, -0.05) is 206 Å². The van der Waals surface area contributed by atoms with Crippen molar-refractivity contribution in [2.75, 3.05) is 0 Å². The molecule has 0 spiro atoms. The first-order valence-corrected chi connectivity index (χ1v) is 21.2. The Morgan fingerprint density at radius 2 is 0.610 bits per heavy atom. The minimum atomic E-state index is 1.21. The smallest absolute Gasteiger partial charge is 0.0434 e. The molecule has 0 unspecified atom stereocenters. The van der Waals surface area contributed by atoms with E-state index >= 15 is 0 Å². The molecule has 59 heavy (non-hydrogen) atoms. The van der Waals surface area contributed by atoms with E-state index in [0.29, 0.717) is 0 Å². The van der Waals surface area contributed by atoms with Gasteiger partial charge in [0.15, 0.2) is 0 Å². The molecule has 12 rings (SSSR count). The zero-order valence-corrected chi connectivity index (χ0v) is 33.0. The summed E-state index contributed by atoms with van der Waals surface area (Å²) in [4.78, 5) is 0. The first-order valence-electron chi connectivity index (χ1n) is 20.3. The van der Waals surface area contributed by atoms with Crippen LogP contribution in [0.3, 0.4) is 0 Å². The number of thiophene rings is 1. The molecule has 11 aromatic carbocycles. The van der Waals surface area contributed by atoms with Gasteiger partial charge in [0.1, 0.15) is 0 Å². The van der Waals surface area contributed by atoms with Crippen molar-refractivity contribution < 1.29 is 0 Å². The third kappa shape index (κ3) is 5.36. The van der Waals surface area contributed by atoms with Crippen molar-refractivity contribution in [2.45, 2.75) is 0 Å². The highest BCUT2D eigenvalue weighted by Gasteiger charge is 2.21. The van der Waals surface area contributed by atoms with E-state index < -0.39 is 0 Å². The summed E-state index contributed by atoms with van der Waals surface area (Å²) in [6, 6.07) is 80.6. The minimum absolute atomic E-state index is 1.21. The Bertz CT molecular complexity index is 3520. The maximum atomic E-state index is 2.40. The van der Waals surface area contributed by atoms with Crippen molar-refractivity contribution in [3.05, 3.63) is 218 Å². The second kappa shape index (κ2) is 13.7. The highest BCUT2D eigenvalue weighted by atomic mass is 32.1. The van der Waals surface area contributed by atoms with Gasteiger partial charge in [0.25, 0.3) is 0 Å². The van der Waals surface area contributed by atoms with E-state index in [9.17, 15) is 0 Å². The molecule has 0 amide bonds. The maximum Gasteiger partial charge on any atom is 0.0434 e. The molecule has 0 saturated carbocycles. The highest BCUT2D eigenvalue weighted by Crippen LogP contribution is 2.49. The van der Waals surface area contributed by atoms with Gasteiger partial charge >= 0.3 is 0 Å². The van der Waals surface area contributed by atoms with Crippen LogP contribution in [0.1, 0.15) is 0 Å². The summed E-state index contributed by atoms with van der Waals surface area (Å²) >= 11 is 1.90. The van der Waals surface area contributed by atoms with E-state index in [-0.39, 0.29) is 0 Å². The zero-order chi connectivity index (χ0) is 38.9. The van der Waals surface area contributed by atoms with Crippen LogP contribution in [0.5, 0.6) is 0 Å². The number of hydrogen-bond acceptors (Lipinski definition) is 1. The standard InChI is InChI=1S/C58H36S/c1-3-16-37(17-4-1)41-34-35-49-52(36-41)56(38-18-5-2-6-19-38)44-22-8-7-21-43(44)55(49)40-32-30-39(31-33-40)54-45-23-9-11-25-47(45)57(48-26-12-10-24-46(48)54)51-28-15-27-50-42-20-13-14-29-53(42)59-58(50)51/h1-36H. The van der Waals surface area contributed by atoms with Gasteiger partial charge in [-0.25, -0.2) is 0 Å². The molecule has 0 N–H and O–H groups in total. The average molecular weight is 765 g/mol. The molecule has 1 heterocycles. The minimum Gasteiger partial charge on any atom is -0.135 e. The Hall–Kier alpha value is -7.32. The van der Waals surface area contributed by atoms with Crippen molar-refractivity contribution in [3.8, 4) is 55.6 Å².